The molecule has 2 rings (SSSR count). The van der Waals surface area contributed by atoms with E-state index in [1.807, 2.05) is 0 Å². The minimum Gasteiger partial charge on any atom is -0.453 e. The molecule has 0 N–H and O–H groups in total. The Morgan fingerprint density at radius 3 is 2.11 bits per heavy atom. The third kappa shape index (κ3) is 2.51. The van der Waals surface area contributed by atoms with E-state index in [9.17, 15) is 13.2 Å². The average Bonchev–Trinajstić information content (AvgIpc) is 2.77. The number of rotatable bonds is 3. The van der Waals surface area contributed by atoms with Crippen molar-refractivity contribution in [1.82, 2.24) is 0 Å². The van der Waals surface area contributed by atoms with Crippen LogP contribution in [0, 0.1) is 0 Å². The molecule has 1 aromatic heterocycles. The maximum Gasteiger partial charge on any atom is 0.194 e. The van der Waals surface area contributed by atoms with Gasteiger partial charge in [-0.15, -0.1) is 0 Å². The average molecular weight is 264 g/mol. The van der Waals surface area contributed by atoms with Gasteiger partial charge in [-0.2, -0.15) is 0 Å². The molecule has 2 aromatic rings. The second-order valence-electron chi connectivity index (χ2n) is 4.02. The summed E-state index contributed by atoms with van der Waals surface area (Å²) >= 11 is 0. The monoisotopic (exact) mass is 264 g/mol. The number of sulfone groups is 1. The number of ketones is 1. The Kier molecular flexibility index (Phi) is 3.09. The van der Waals surface area contributed by atoms with Crippen LogP contribution in [0.2, 0.25) is 0 Å². The van der Waals surface area contributed by atoms with Gasteiger partial charge in [-0.25, -0.2) is 8.42 Å². The van der Waals surface area contributed by atoms with Crippen LogP contribution in [0.25, 0.3) is 11.3 Å². The molecule has 0 aliphatic rings. The molecule has 0 aliphatic heterocycles. The lowest BCUT2D eigenvalue weighted by molar-refractivity contribution is 0.0988. The first-order valence-electron chi connectivity index (χ1n) is 5.29. The zero-order valence-corrected chi connectivity index (χ0v) is 10.8. The van der Waals surface area contributed by atoms with Gasteiger partial charge in [-0.1, -0.05) is 0 Å². The second kappa shape index (κ2) is 4.42. The summed E-state index contributed by atoms with van der Waals surface area (Å²) in [6, 6.07) is 9.62. The number of hydrogen-bond donors (Lipinski definition) is 0. The molecule has 0 aliphatic carbocycles. The highest BCUT2D eigenvalue weighted by molar-refractivity contribution is 7.90. The van der Waals surface area contributed by atoms with Crippen LogP contribution in [0.4, 0.5) is 0 Å². The molecule has 18 heavy (non-hydrogen) atoms. The zero-order chi connectivity index (χ0) is 13.3. The lowest BCUT2D eigenvalue weighted by Crippen LogP contribution is -1.96. The van der Waals surface area contributed by atoms with Gasteiger partial charge < -0.3 is 4.42 Å². The maximum absolute atomic E-state index is 11.3. The van der Waals surface area contributed by atoms with Crippen molar-refractivity contribution < 1.29 is 17.6 Å². The standard InChI is InChI=1S/C13H12O4S/c1-9(14)12-7-8-13(17-12)10-3-5-11(6-4-10)18(2,15)16/h3-8H,1-2H3. The van der Waals surface area contributed by atoms with E-state index in [1.54, 1.807) is 24.3 Å². The minimum absolute atomic E-state index is 0.144. The largest absolute Gasteiger partial charge is 0.453 e. The molecule has 4 nitrogen and oxygen atoms in total. The highest BCUT2D eigenvalue weighted by Gasteiger charge is 2.10. The molecule has 0 radical (unpaired) electrons. The fourth-order valence-electron chi connectivity index (χ4n) is 1.55. The Balaban J connectivity index is 2.37. The Morgan fingerprint density at radius 2 is 1.67 bits per heavy atom. The van der Waals surface area contributed by atoms with Gasteiger partial charge >= 0.3 is 0 Å². The normalized spacial score (nSPS) is 11.4. The molecular formula is C13H12O4S. The van der Waals surface area contributed by atoms with Gasteiger partial charge in [-0.05, 0) is 36.4 Å². The molecular weight excluding hydrogens is 252 g/mol. The topological polar surface area (TPSA) is 64.3 Å². The van der Waals surface area contributed by atoms with Crippen molar-refractivity contribution in [2.45, 2.75) is 11.8 Å². The van der Waals surface area contributed by atoms with Gasteiger partial charge in [0.15, 0.2) is 21.4 Å². The number of carbonyl (C=O) groups excluding carboxylic acids is 1. The molecule has 0 unspecified atom stereocenters. The van der Waals surface area contributed by atoms with E-state index in [1.165, 1.54) is 19.1 Å². The molecule has 0 fully saturated rings. The number of furan rings is 1. The van der Waals surface area contributed by atoms with Crippen molar-refractivity contribution >= 4 is 15.6 Å². The maximum atomic E-state index is 11.3. The van der Waals surface area contributed by atoms with Crippen LogP contribution >= 0.6 is 0 Å². The van der Waals surface area contributed by atoms with Gasteiger partial charge in [0.1, 0.15) is 5.76 Å². The van der Waals surface area contributed by atoms with E-state index in [4.69, 9.17) is 4.42 Å². The van der Waals surface area contributed by atoms with Gasteiger partial charge in [0.2, 0.25) is 0 Å². The third-order valence-electron chi connectivity index (χ3n) is 2.52. The summed E-state index contributed by atoms with van der Waals surface area (Å²) in [5.41, 5.74) is 0.731. The fourth-order valence-corrected chi connectivity index (χ4v) is 2.18. The van der Waals surface area contributed by atoms with Crippen molar-refractivity contribution in [2.75, 3.05) is 6.26 Å². The first-order valence-corrected chi connectivity index (χ1v) is 7.18. The van der Waals surface area contributed by atoms with E-state index in [0.29, 0.717) is 5.76 Å². The Hall–Kier alpha value is -1.88. The smallest absolute Gasteiger partial charge is 0.194 e. The molecule has 0 saturated carbocycles. The number of carbonyl (C=O) groups is 1. The van der Waals surface area contributed by atoms with Crippen LogP contribution in [0.3, 0.4) is 0 Å². The lowest BCUT2D eigenvalue weighted by atomic mass is 10.2. The van der Waals surface area contributed by atoms with Crippen molar-refractivity contribution in [3.8, 4) is 11.3 Å². The van der Waals surface area contributed by atoms with Gasteiger partial charge in [0.25, 0.3) is 0 Å². The number of benzene rings is 1. The Morgan fingerprint density at radius 1 is 1.06 bits per heavy atom. The van der Waals surface area contributed by atoms with Gasteiger partial charge in [0.05, 0.1) is 4.90 Å². The summed E-state index contributed by atoms with van der Waals surface area (Å²) in [6.45, 7) is 1.43. The minimum atomic E-state index is -3.19. The van der Waals surface area contributed by atoms with Crippen LogP contribution in [0.1, 0.15) is 17.5 Å². The molecule has 0 spiro atoms. The molecule has 5 heteroatoms. The first-order chi connectivity index (χ1) is 8.38. The Labute approximate surface area is 105 Å². The Bertz CT molecular complexity index is 678. The summed E-state index contributed by atoms with van der Waals surface area (Å²) in [6.07, 6.45) is 1.16. The summed E-state index contributed by atoms with van der Waals surface area (Å²) in [5.74, 6) is 0.687. The molecule has 1 aromatic carbocycles. The predicted molar refractivity (Wildman–Crippen MR) is 67.3 cm³/mol. The predicted octanol–water partition coefficient (Wildman–Crippen LogP) is 2.55. The summed E-state index contributed by atoms with van der Waals surface area (Å²) in [4.78, 5) is 11.4. The zero-order valence-electron chi connectivity index (χ0n) is 10.0. The van der Waals surface area contributed by atoms with Crippen LogP contribution in [-0.2, 0) is 9.84 Å². The second-order valence-corrected chi connectivity index (χ2v) is 6.03. The molecule has 94 valence electrons. The lowest BCUT2D eigenvalue weighted by Gasteiger charge is -2.00. The van der Waals surface area contributed by atoms with Crippen molar-refractivity contribution in [2.24, 2.45) is 0 Å². The molecule has 0 bridgehead atoms. The van der Waals surface area contributed by atoms with Crippen molar-refractivity contribution in [1.29, 1.82) is 0 Å². The van der Waals surface area contributed by atoms with Crippen molar-refractivity contribution in [3.05, 3.63) is 42.2 Å². The summed E-state index contributed by atoms with van der Waals surface area (Å²) < 4.78 is 28.0. The fraction of sp³-hybridized carbons (Fsp3) is 0.154. The van der Waals surface area contributed by atoms with Crippen molar-refractivity contribution in [3.63, 3.8) is 0 Å². The van der Waals surface area contributed by atoms with Crippen LogP contribution in [0.5, 0.6) is 0 Å². The van der Waals surface area contributed by atoms with E-state index < -0.39 is 9.84 Å². The quantitative estimate of drug-likeness (QED) is 0.799. The van der Waals surface area contributed by atoms with E-state index >= 15 is 0 Å². The van der Waals surface area contributed by atoms with Crippen LogP contribution in [0.15, 0.2) is 45.7 Å². The van der Waals surface area contributed by atoms with E-state index in [2.05, 4.69) is 0 Å². The summed E-state index contributed by atoms with van der Waals surface area (Å²) in [7, 11) is -3.19. The molecule has 0 atom stereocenters. The van der Waals surface area contributed by atoms with Gasteiger partial charge in [-0.3, -0.25) is 4.79 Å². The number of Topliss-reactive ketones (excluding diaryl/α,β-unsaturated/α-hetero) is 1. The summed E-state index contributed by atoms with van der Waals surface area (Å²) in [5, 5.41) is 0. The molecule has 1 heterocycles. The van der Waals surface area contributed by atoms with Crippen LogP contribution in [-0.4, -0.2) is 20.5 Å². The van der Waals surface area contributed by atoms with E-state index in [-0.39, 0.29) is 16.4 Å². The molecule has 0 amide bonds. The third-order valence-corrected chi connectivity index (χ3v) is 3.65. The number of hydrogen-bond acceptors (Lipinski definition) is 4. The molecule has 0 saturated heterocycles. The SMILES string of the molecule is CC(=O)c1ccc(-c2ccc(S(C)(=O)=O)cc2)o1. The van der Waals surface area contributed by atoms with E-state index in [0.717, 1.165) is 11.8 Å². The highest BCUT2D eigenvalue weighted by Crippen LogP contribution is 2.23. The highest BCUT2D eigenvalue weighted by atomic mass is 32.2. The van der Waals surface area contributed by atoms with Crippen LogP contribution < -0.4 is 0 Å². The first kappa shape index (κ1) is 12.6. The van der Waals surface area contributed by atoms with Gasteiger partial charge in [0, 0.05) is 18.7 Å².